The largest absolute Gasteiger partial charge is 0.494 e. The van der Waals surface area contributed by atoms with Gasteiger partial charge >= 0.3 is 6.18 Å². The van der Waals surface area contributed by atoms with Crippen LogP contribution >= 0.6 is 0 Å². The van der Waals surface area contributed by atoms with Gasteiger partial charge < -0.3 is 15.4 Å². The van der Waals surface area contributed by atoms with Crippen molar-refractivity contribution in [2.24, 2.45) is 0 Å². The van der Waals surface area contributed by atoms with Gasteiger partial charge in [-0.05, 0) is 49.4 Å². The predicted octanol–water partition coefficient (Wildman–Crippen LogP) is 4.54. The van der Waals surface area contributed by atoms with E-state index in [4.69, 9.17) is 4.74 Å². The molecule has 0 aliphatic carbocycles. The summed E-state index contributed by atoms with van der Waals surface area (Å²) in [5, 5.41) is 5.54. The first-order valence-electron chi connectivity index (χ1n) is 7.82. The molecule has 2 N–H and O–H groups in total. The molecule has 0 spiro atoms. The van der Waals surface area contributed by atoms with Crippen molar-refractivity contribution in [1.82, 2.24) is 0 Å². The molecular formula is C18H19F3N2O2. The van der Waals surface area contributed by atoms with E-state index in [1.165, 1.54) is 12.1 Å². The van der Waals surface area contributed by atoms with Gasteiger partial charge in [-0.3, -0.25) is 4.79 Å². The summed E-state index contributed by atoms with van der Waals surface area (Å²) >= 11 is 0. The molecule has 134 valence electrons. The lowest BCUT2D eigenvalue weighted by molar-refractivity contribution is -0.137. The van der Waals surface area contributed by atoms with E-state index in [0.29, 0.717) is 23.7 Å². The highest BCUT2D eigenvalue weighted by Gasteiger charge is 2.30. The Kier molecular flexibility index (Phi) is 6.27. The van der Waals surface area contributed by atoms with Crippen molar-refractivity contribution in [3.63, 3.8) is 0 Å². The monoisotopic (exact) mass is 352 g/mol. The first-order valence-corrected chi connectivity index (χ1v) is 7.82. The fourth-order valence-corrected chi connectivity index (χ4v) is 2.15. The van der Waals surface area contributed by atoms with Crippen LogP contribution in [-0.4, -0.2) is 19.1 Å². The Balaban J connectivity index is 1.80. The van der Waals surface area contributed by atoms with Gasteiger partial charge in [0.1, 0.15) is 5.75 Å². The molecule has 4 nitrogen and oxygen atoms in total. The van der Waals surface area contributed by atoms with Crippen LogP contribution in [0.5, 0.6) is 5.75 Å². The second-order valence-electron chi connectivity index (χ2n) is 5.26. The van der Waals surface area contributed by atoms with E-state index < -0.39 is 11.7 Å². The van der Waals surface area contributed by atoms with Gasteiger partial charge in [-0.2, -0.15) is 13.2 Å². The van der Waals surface area contributed by atoms with Crippen LogP contribution in [0.1, 0.15) is 18.9 Å². The van der Waals surface area contributed by atoms with Crippen molar-refractivity contribution in [2.45, 2.75) is 19.5 Å². The molecule has 25 heavy (non-hydrogen) atoms. The van der Waals surface area contributed by atoms with Gasteiger partial charge in [-0.15, -0.1) is 0 Å². The van der Waals surface area contributed by atoms with Crippen LogP contribution in [-0.2, 0) is 11.0 Å². The second-order valence-corrected chi connectivity index (χ2v) is 5.26. The van der Waals surface area contributed by atoms with Crippen LogP contribution in [0, 0.1) is 0 Å². The Morgan fingerprint density at radius 3 is 2.44 bits per heavy atom. The van der Waals surface area contributed by atoms with Crippen LogP contribution < -0.4 is 15.4 Å². The highest BCUT2D eigenvalue weighted by molar-refractivity contribution is 5.91. The number of ether oxygens (including phenoxy) is 1. The van der Waals surface area contributed by atoms with Gasteiger partial charge in [0.05, 0.1) is 12.2 Å². The fourth-order valence-electron chi connectivity index (χ4n) is 2.15. The first kappa shape index (κ1) is 18.6. The zero-order valence-corrected chi connectivity index (χ0v) is 13.7. The topological polar surface area (TPSA) is 50.4 Å². The maximum Gasteiger partial charge on any atom is 0.416 e. The van der Waals surface area contributed by atoms with Crippen molar-refractivity contribution in [3.8, 4) is 5.75 Å². The molecule has 1 amide bonds. The summed E-state index contributed by atoms with van der Waals surface area (Å²) in [4.78, 5) is 11.9. The van der Waals surface area contributed by atoms with Crippen LogP contribution in [0.25, 0.3) is 0 Å². The molecule has 0 fully saturated rings. The molecule has 2 aromatic carbocycles. The summed E-state index contributed by atoms with van der Waals surface area (Å²) in [6, 6.07) is 11.8. The summed E-state index contributed by atoms with van der Waals surface area (Å²) in [5.74, 6) is 0.482. The molecule has 0 saturated carbocycles. The summed E-state index contributed by atoms with van der Waals surface area (Å²) in [6.07, 6.45) is -4.26. The quantitative estimate of drug-likeness (QED) is 0.769. The Bertz CT molecular complexity index is 700. The van der Waals surface area contributed by atoms with Gasteiger partial charge in [-0.1, -0.05) is 6.07 Å². The predicted molar refractivity (Wildman–Crippen MR) is 90.8 cm³/mol. The van der Waals surface area contributed by atoms with E-state index in [1.54, 1.807) is 24.3 Å². The SMILES string of the molecule is CCOc1ccc(NC(=O)CCNc2cccc(C(F)(F)F)c2)cc1. The van der Waals surface area contributed by atoms with E-state index in [2.05, 4.69) is 10.6 Å². The third-order valence-corrected chi connectivity index (χ3v) is 3.32. The molecule has 0 radical (unpaired) electrons. The van der Waals surface area contributed by atoms with E-state index in [1.807, 2.05) is 6.92 Å². The lowest BCUT2D eigenvalue weighted by Gasteiger charge is -2.11. The molecule has 2 aromatic rings. The number of benzene rings is 2. The van der Waals surface area contributed by atoms with Crippen molar-refractivity contribution < 1.29 is 22.7 Å². The molecule has 0 atom stereocenters. The normalized spacial score (nSPS) is 11.0. The molecule has 0 aromatic heterocycles. The number of hydrogen-bond acceptors (Lipinski definition) is 3. The van der Waals surface area contributed by atoms with Crippen molar-refractivity contribution in [3.05, 3.63) is 54.1 Å². The Labute approximate surface area is 144 Å². The van der Waals surface area contributed by atoms with Crippen LogP contribution in [0.4, 0.5) is 24.5 Å². The Morgan fingerprint density at radius 1 is 1.08 bits per heavy atom. The van der Waals surface area contributed by atoms with E-state index in [9.17, 15) is 18.0 Å². The minimum atomic E-state index is -4.39. The molecule has 0 heterocycles. The molecule has 0 saturated heterocycles. The van der Waals surface area contributed by atoms with E-state index in [-0.39, 0.29) is 18.9 Å². The highest BCUT2D eigenvalue weighted by Crippen LogP contribution is 2.30. The number of carbonyl (C=O) groups excluding carboxylic acids is 1. The van der Waals surface area contributed by atoms with Gasteiger partial charge in [0, 0.05) is 24.3 Å². The van der Waals surface area contributed by atoms with Crippen LogP contribution in [0.15, 0.2) is 48.5 Å². The summed E-state index contributed by atoms with van der Waals surface area (Å²) in [6.45, 7) is 2.67. The van der Waals surface area contributed by atoms with Crippen molar-refractivity contribution in [2.75, 3.05) is 23.8 Å². The summed E-state index contributed by atoms with van der Waals surface area (Å²) in [7, 11) is 0. The Morgan fingerprint density at radius 2 is 1.80 bits per heavy atom. The smallest absolute Gasteiger partial charge is 0.416 e. The van der Waals surface area contributed by atoms with Crippen LogP contribution in [0.3, 0.4) is 0 Å². The second kappa shape index (κ2) is 8.41. The third kappa shape index (κ3) is 6.02. The van der Waals surface area contributed by atoms with Gasteiger partial charge in [0.2, 0.25) is 5.91 Å². The number of nitrogens with one attached hydrogen (secondary N) is 2. The van der Waals surface area contributed by atoms with Gasteiger partial charge in [0.15, 0.2) is 0 Å². The molecule has 0 aliphatic heterocycles. The van der Waals surface area contributed by atoms with E-state index >= 15 is 0 Å². The molecule has 0 bridgehead atoms. The average molecular weight is 352 g/mol. The lowest BCUT2D eigenvalue weighted by Crippen LogP contribution is -2.16. The number of anilines is 2. The lowest BCUT2D eigenvalue weighted by atomic mass is 10.2. The van der Waals surface area contributed by atoms with Crippen molar-refractivity contribution >= 4 is 17.3 Å². The molecular weight excluding hydrogens is 333 g/mol. The third-order valence-electron chi connectivity index (χ3n) is 3.32. The number of halogens is 3. The average Bonchev–Trinajstić information content (AvgIpc) is 2.56. The van der Waals surface area contributed by atoms with Crippen LogP contribution in [0.2, 0.25) is 0 Å². The zero-order chi connectivity index (χ0) is 18.3. The molecule has 7 heteroatoms. The standard InChI is InChI=1S/C18H19F3N2O2/c1-2-25-16-8-6-14(7-9-16)23-17(24)10-11-22-15-5-3-4-13(12-15)18(19,20)21/h3-9,12,22H,2,10-11H2,1H3,(H,23,24). The maximum absolute atomic E-state index is 12.6. The summed E-state index contributed by atoms with van der Waals surface area (Å²) in [5.41, 5.74) is 0.229. The van der Waals surface area contributed by atoms with E-state index in [0.717, 1.165) is 12.1 Å². The number of alkyl halides is 3. The minimum Gasteiger partial charge on any atom is -0.494 e. The maximum atomic E-state index is 12.6. The number of rotatable bonds is 7. The molecule has 0 unspecified atom stereocenters. The number of hydrogen-bond donors (Lipinski definition) is 2. The molecule has 0 aliphatic rings. The highest BCUT2D eigenvalue weighted by atomic mass is 19.4. The minimum absolute atomic E-state index is 0.128. The fraction of sp³-hybridized carbons (Fsp3) is 0.278. The van der Waals surface area contributed by atoms with Gasteiger partial charge in [-0.25, -0.2) is 0 Å². The molecule has 2 rings (SSSR count). The summed E-state index contributed by atoms with van der Waals surface area (Å²) < 4.78 is 43.2. The first-order chi connectivity index (χ1) is 11.9. The van der Waals surface area contributed by atoms with Crippen molar-refractivity contribution in [1.29, 1.82) is 0 Å². The number of carbonyl (C=O) groups is 1. The zero-order valence-electron chi connectivity index (χ0n) is 13.7. The Hall–Kier alpha value is -2.70. The van der Waals surface area contributed by atoms with Gasteiger partial charge in [0.25, 0.3) is 0 Å². The number of amides is 1.